The number of benzene rings is 2. The van der Waals surface area contributed by atoms with E-state index in [1.165, 1.54) is 42.5 Å². The number of hydrogen-bond acceptors (Lipinski definition) is 5. The van der Waals surface area contributed by atoms with Gasteiger partial charge in [-0.3, -0.25) is 4.79 Å². The minimum absolute atomic E-state index is 0.0448. The van der Waals surface area contributed by atoms with E-state index >= 15 is 0 Å². The molecule has 5 heteroatoms. The van der Waals surface area contributed by atoms with Gasteiger partial charge in [-0.05, 0) is 35.9 Å². The van der Waals surface area contributed by atoms with E-state index in [9.17, 15) is 20.1 Å². The summed E-state index contributed by atoms with van der Waals surface area (Å²) in [6.07, 6.45) is 2.59. The summed E-state index contributed by atoms with van der Waals surface area (Å²) in [6, 6.07) is 7.59. The van der Waals surface area contributed by atoms with E-state index in [-0.39, 0.29) is 28.6 Å². The lowest BCUT2D eigenvalue weighted by molar-refractivity contribution is 0.104. The molecule has 0 amide bonds. The second-order valence-corrected chi connectivity index (χ2v) is 4.18. The third-order valence-corrected chi connectivity index (χ3v) is 2.60. The molecule has 0 atom stereocenters. The maximum absolute atomic E-state index is 11.9. The smallest absolute Gasteiger partial charge is 0.189 e. The molecule has 2 aromatic rings. The molecular formula is C15H12O5. The summed E-state index contributed by atoms with van der Waals surface area (Å²) in [5.74, 6) is -1.17. The molecule has 0 bridgehead atoms. The zero-order valence-corrected chi connectivity index (χ0v) is 10.3. The summed E-state index contributed by atoms with van der Waals surface area (Å²) < 4.78 is 0. The lowest BCUT2D eigenvalue weighted by Crippen LogP contribution is -1.94. The number of rotatable bonds is 3. The Kier molecular flexibility index (Phi) is 3.61. The predicted molar refractivity (Wildman–Crippen MR) is 72.9 cm³/mol. The highest BCUT2D eigenvalue weighted by atomic mass is 16.3. The first-order valence-corrected chi connectivity index (χ1v) is 5.73. The Labute approximate surface area is 114 Å². The fourth-order valence-corrected chi connectivity index (χ4v) is 1.70. The molecule has 20 heavy (non-hydrogen) atoms. The predicted octanol–water partition coefficient (Wildman–Crippen LogP) is 2.41. The van der Waals surface area contributed by atoms with Crippen LogP contribution in [0.1, 0.15) is 15.9 Å². The summed E-state index contributed by atoms with van der Waals surface area (Å²) in [6.45, 7) is 0. The van der Waals surface area contributed by atoms with E-state index in [0.29, 0.717) is 5.56 Å². The fraction of sp³-hybridized carbons (Fsp3) is 0. The highest BCUT2D eigenvalue weighted by molar-refractivity contribution is 6.08. The van der Waals surface area contributed by atoms with Crippen molar-refractivity contribution in [3.8, 4) is 23.0 Å². The number of carbonyl (C=O) groups is 1. The van der Waals surface area contributed by atoms with Crippen molar-refractivity contribution in [2.45, 2.75) is 0 Å². The Morgan fingerprint density at radius 1 is 0.850 bits per heavy atom. The zero-order chi connectivity index (χ0) is 14.7. The lowest BCUT2D eigenvalue weighted by atomic mass is 10.1. The van der Waals surface area contributed by atoms with Crippen LogP contribution in [0.3, 0.4) is 0 Å². The molecule has 2 aromatic carbocycles. The molecule has 102 valence electrons. The van der Waals surface area contributed by atoms with Gasteiger partial charge in [0.1, 0.15) is 23.0 Å². The molecule has 0 aliphatic rings. The van der Waals surface area contributed by atoms with Crippen LogP contribution < -0.4 is 0 Å². The Morgan fingerprint density at radius 2 is 1.50 bits per heavy atom. The maximum atomic E-state index is 11.9. The average Bonchev–Trinajstić information content (AvgIpc) is 2.35. The van der Waals surface area contributed by atoms with E-state index in [1.807, 2.05) is 0 Å². The number of hydrogen-bond donors (Lipinski definition) is 4. The highest BCUT2D eigenvalue weighted by Gasteiger charge is 2.08. The first kappa shape index (κ1) is 13.5. The van der Waals surface area contributed by atoms with Gasteiger partial charge in [0.05, 0.1) is 5.56 Å². The number of allylic oxidation sites excluding steroid dienone is 1. The molecule has 0 fully saturated rings. The van der Waals surface area contributed by atoms with E-state index in [2.05, 4.69) is 0 Å². The van der Waals surface area contributed by atoms with Crippen LogP contribution in [0.2, 0.25) is 0 Å². The van der Waals surface area contributed by atoms with Crippen LogP contribution >= 0.6 is 0 Å². The second-order valence-electron chi connectivity index (χ2n) is 4.18. The van der Waals surface area contributed by atoms with Crippen LogP contribution in [-0.4, -0.2) is 26.2 Å². The molecular weight excluding hydrogens is 260 g/mol. The molecule has 0 aromatic heterocycles. The number of phenolic OH excluding ortho intramolecular Hbond substituents is 4. The fourth-order valence-electron chi connectivity index (χ4n) is 1.70. The van der Waals surface area contributed by atoms with Gasteiger partial charge in [0, 0.05) is 12.1 Å². The second kappa shape index (κ2) is 5.36. The Hall–Kier alpha value is -2.95. The van der Waals surface area contributed by atoms with Gasteiger partial charge in [-0.2, -0.15) is 0 Å². The van der Waals surface area contributed by atoms with Crippen molar-refractivity contribution in [2.75, 3.05) is 0 Å². The maximum Gasteiger partial charge on any atom is 0.189 e. The number of phenols is 4. The van der Waals surface area contributed by atoms with Crippen LogP contribution in [0, 0.1) is 0 Å². The zero-order valence-electron chi connectivity index (χ0n) is 10.3. The summed E-state index contributed by atoms with van der Waals surface area (Å²) in [7, 11) is 0. The molecule has 0 aliphatic heterocycles. The standard InChI is InChI=1S/C15H12O5/c16-10-2-3-13(15(20)8-10)14(19)4-1-9-5-11(17)7-12(18)6-9/h1-8,16-18,20H/b4-1+. The van der Waals surface area contributed by atoms with E-state index < -0.39 is 5.78 Å². The summed E-state index contributed by atoms with van der Waals surface area (Å²) >= 11 is 0. The van der Waals surface area contributed by atoms with Gasteiger partial charge in [0.15, 0.2) is 5.78 Å². The van der Waals surface area contributed by atoms with Crippen LogP contribution in [0.5, 0.6) is 23.0 Å². The minimum Gasteiger partial charge on any atom is -0.508 e. The molecule has 2 rings (SSSR count). The normalized spacial score (nSPS) is 10.8. The lowest BCUT2D eigenvalue weighted by Gasteiger charge is -2.01. The molecule has 0 saturated carbocycles. The summed E-state index contributed by atoms with van der Waals surface area (Å²) in [5, 5.41) is 37.3. The van der Waals surface area contributed by atoms with Crippen LogP contribution in [0.4, 0.5) is 0 Å². The molecule has 0 saturated heterocycles. The van der Waals surface area contributed by atoms with Crippen LogP contribution in [-0.2, 0) is 0 Å². The Bertz CT molecular complexity index is 668. The van der Waals surface area contributed by atoms with Gasteiger partial charge in [-0.1, -0.05) is 6.08 Å². The number of ketones is 1. The Morgan fingerprint density at radius 3 is 2.10 bits per heavy atom. The summed E-state index contributed by atoms with van der Waals surface area (Å²) in [5.41, 5.74) is 0.484. The van der Waals surface area contributed by atoms with Crippen LogP contribution in [0.25, 0.3) is 6.08 Å². The van der Waals surface area contributed by atoms with Gasteiger partial charge in [-0.25, -0.2) is 0 Å². The molecule has 4 N–H and O–H groups in total. The van der Waals surface area contributed by atoms with Crippen molar-refractivity contribution in [1.29, 1.82) is 0 Å². The number of aromatic hydroxyl groups is 4. The van der Waals surface area contributed by atoms with Crippen molar-refractivity contribution in [2.24, 2.45) is 0 Å². The van der Waals surface area contributed by atoms with E-state index in [1.54, 1.807) is 0 Å². The van der Waals surface area contributed by atoms with Crippen molar-refractivity contribution in [3.63, 3.8) is 0 Å². The molecule has 0 spiro atoms. The molecule has 0 radical (unpaired) electrons. The average molecular weight is 272 g/mol. The largest absolute Gasteiger partial charge is 0.508 e. The van der Waals surface area contributed by atoms with E-state index in [4.69, 9.17) is 5.11 Å². The number of carbonyl (C=O) groups excluding carboxylic acids is 1. The summed E-state index contributed by atoms with van der Waals surface area (Å²) in [4.78, 5) is 11.9. The quantitative estimate of drug-likeness (QED) is 0.508. The first-order valence-electron chi connectivity index (χ1n) is 5.73. The van der Waals surface area contributed by atoms with E-state index in [0.717, 1.165) is 6.07 Å². The van der Waals surface area contributed by atoms with Gasteiger partial charge in [0.25, 0.3) is 0 Å². The van der Waals surface area contributed by atoms with Gasteiger partial charge in [0.2, 0.25) is 0 Å². The SMILES string of the molecule is O=C(/C=C/c1cc(O)cc(O)c1)c1ccc(O)cc1O. The third kappa shape index (κ3) is 3.08. The van der Waals surface area contributed by atoms with Crippen LogP contribution in [0.15, 0.2) is 42.5 Å². The molecule has 0 unspecified atom stereocenters. The van der Waals surface area contributed by atoms with Gasteiger partial charge >= 0.3 is 0 Å². The third-order valence-electron chi connectivity index (χ3n) is 2.60. The van der Waals surface area contributed by atoms with Crippen molar-refractivity contribution >= 4 is 11.9 Å². The molecule has 5 nitrogen and oxygen atoms in total. The van der Waals surface area contributed by atoms with Crippen molar-refractivity contribution in [3.05, 3.63) is 53.6 Å². The topological polar surface area (TPSA) is 98.0 Å². The monoisotopic (exact) mass is 272 g/mol. The first-order chi connectivity index (χ1) is 9.45. The van der Waals surface area contributed by atoms with Gasteiger partial charge in [-0.15, -0.1) is 0 Å². The molecule has 0 aliphatic carbocycles. The van der Waals surface area contributed by atoms with Crippen molar-refractivity contribution in [1.82, 2.24) is 0 Å². The highest BCUT2D eigenvalue weighted by Crippen LogP contribution is 2.24. The Balaban J connectivity index is 2.24. The van der Waals surface area contributed by atoms with Gasteiger partial charge < -0.3 is 20.4 Å². The minimum atomic E-state index is -0.467. The van der Waals surface area contributed by atoms with Crippen molar-refractivity contribution < 1.29 is 25.2 Å². The molecule has 0 heterocycles.